The van der Waals surface area contributed by atoms with Crippen LogP contribution in [0.15, 0.2) is 57.5 Å². The van der Waals surface area contributed by atoms with Crippen LogP contribution in [0.1, 0.15) is 37.1 Å². The number of likely N-dealkylation sites (tertiary alicyclic amines) is 1. The number of aryl methyl sites for hydroxylation is 1. The Labute approximate surface area is 178 Å². The van der Waals surface area contributed by atoms with Gasteiger partial charge in [-0.2, -0.15) is 4.98 Å². The molecule has 2 heterocycles. The first-order valence-electron chi connectivity index (χ1n) is 9.87. The SMILES string of the molecule is CCc1ccccc1NC(=O)N1CCC(c2nc(-c3ccc(Br)cc3)no2)CC1. The molecule has 1 saturated heterocycles. The van der Waals surface area contributed by atoms with Gasteiger partial charge in [-0.3, -0.25) is 0 Å². The van der Waals surface area contributed by atoms with E-state index >= 15 is 0 Å². The van der Waals surface area contributed by atoms with Crippen molar-refractivity contribution in [3.63, 3.8) is 0 Å². The van der Waals surface area contributed by atoms with Crippen molar-refractivity contribution in [3.05, 3.63) is 64.5 Å². The second-order valence-electron chi connectivity index (χ2n) is 7.17. The van der Waals surface area contributed by atoms with E-state index < -0.39 is 0 Å². The third-order valence-electron chi connectivity index (χ3n) is 5.32. The Morgan fingerprint density at radius 3 is 2.62 bits per heavy atom. The van der Waals surface area contributed by atoms with Crippen molar-refractivity contribution >= 4 is 27.6 Å². The van der Waals surface area contributed by atoms with Gasteiger partial charge in [0.25, 0.3) is 0 Å². The molecule has 29 heavy (non-hydrogen) atoms. The fourth-order valence-corrected chi connectivity index (χ4v) is 3.86. The highest BCUT2D eigenvalue weighted by atomic mass is 79.9. The predicted octanol–water partition coefficient (Wildman–Crippen LogP) is 5.47. The predicted molar refractivity (Wildman–Crippen MR) is 116 cm³/mol. The summed E-state index contributed by atoms with van der Waals surface area (Å²) < 4.78 is 6.53. The smallest absolute Gasteiger partial charge is 0.321 e. The second kappa shape index (κ2) is 8.78. The number of urea groups is 1. The number of carbonyl (C=O) groups excluding carboxylic acids is 1. The number of hydrogen-bond donors (Lipinski definition) is 1. The number of hydrogen-bond acceptors (Lipinski definition) is 4. The lowest BCUT2D eigenvalue weighted by Gasteiger charge is -2.30. The number of piperidine rings is 1. The lowest BCUT2D eigenvalue weighted by molar-refractivity contribution is 0.187. The summed E-state index contributed by atoms with van der Waals surface area (Å²) >= 11 is 3.43. The first-order valence-corrected chi connectivity index (χ1v) is 10.7. The number of para-hydroxylation sites is 1. The molecule has 1 aliphatic rings. The van der Waals surface area contributed by atoms with Crippen LogP contribution in [0, 0.1) is 0 Å². The Bertz CT molecular complexity index is 978. The van der Waals surface area contributed by atoms with E-state index in [-0.39, 0.29) is 11.9 Å². The molecule has 1 aliphatic heterocycles. The topological polar surface area (TPSA) is 71.3 Å². The molecule has 0 radical (unpaired) electrons. The van der Waals surface area contributed by atoms with E-state index in [1.54, 1.807) is 0 Å². The van der Waals surface area contributed by atoms with Crippen LogP contribution in [-0.4, -0.2) is 34.2 Å². The van der Waals surface area contributed by atoms with Crippen LogP contribution < -0.4 is 5.32 Å². The molecule has 0 saturated carbocycles. The van der Waals surface area contributed by atoms with E-state index in [4.69, 9.17) is 4.52 Å². The molecule has 4 rings (SSSR count). The number of nitrogens with zero attached hydrogens (tertiary/aromatic N) is 3. The fourth-order valence-electron chi connectivity index (χ4n) is 3.59. The normalized spacial score (nSPS) is 14.8. The quantitative estimate of drug-likeness (QED) is 0.566. The molecule has 7 heteroatoms. The molecule has 0 aliphatic carbocycles. The van der Waals surface area contributed by atoms with Crippen LogP contribution in [0.25, 0.3) is 11.4 Å². The molecule has 1 N–H and O–H groups in total. The zero-order valence-electron chi connectivity index (χ0n) is 16.3. The van der Waals surface area contributed by atoms with Gasteiger partial charge in [0.15, 0.2) is 0 Å². The Morgan fingerprint density at radius 1 is 1.17 bits per heavy atom. The van der Waals surface area contributed by atoms with E-state index in [0.717, 1.165) is 40.5 Å². The third-order valence-corrected chi connectivity index (χ3v) is 5.84. The zero-order valence-corrected chi connectivity index (χ0v) is 17.9. The maximum Gasteiger partial charge on any atom is 0.321 e. The molecule has 1 aromatic heterocycles. The Hall–Kier alpha value is -2.67. The summed E-state index contributed by atoms with van der Waals surface area (Å²) in [6.45, 7) is 3.42. The fraction of sp³-hybridized carbons (Fsp3) is 0.318. The maximum absolute atomic E-state index is 12.7. The average Bonchev–Trinajstić information content (AvgIpc) is 3.25. The van der Waals surface area contributed by atoms with Gasteiger partial charge in [0, 0.05) is 34.7 Å². The molecule has 6 nitrogen and oxygen atoms in total. The lowest BCUT2D eigenvalue weighted by Crippen LogP contribution is -2.40. The number of carbonyl (C=O) groups is 1. The summed E-state index contributed by atoms with van der Waals surface area (Å²) in [4.78, 5) is 19.1. The largest absolute Gasteiger partial charge is 0.339 e. The second-order valence-corrected chi connectivity index (χ2v) is 8.08. The molecule has 0 spiro atoms. The molecule has 2 amide bonds. The van der Waals surface area contributed by atoms with E-state index in [2.05, 4.69) is 38.3 Å². The summed E-state index contributed by atoms with van der Waals surface area (Å²) in [6, 6.07) is 15.7. The van der Waals surface area contributed by atoms with Gasteiger partial charge in [-0.05, 0) is 55.2 Å². The van der Waals surface area contributed by atoms with Gasteiger partial charge in [-0.15, -0.1) is 0 Å². The van der Waals surface area contributed by atoms with Crippen LogP contribution in [0.5, 0.6) is 0 Å². The number of aromatic nitrogens is 2. The van der Waals surface area contributed by atoms with Gasteiger partial charge in [0.2, 0.25) is 11.7 Å². The van der Waals surface area contributed by atoms with Crippen LogP contribution in [-0.2, 0) is 6.42 Å². The van der Waals surface area contributed by atoms with Gasteiger partial charge in [0.1, 0.15) is 0 Å². The molecule has 3 aromatic rings. The summed E-state index contributed by atoms with van der Waals surface area (Å²) in [6.07, 6.45) is 2.51. The lowest BCUT2D eigenvalue weighted by atomic mass is 9.97. The molecule has 150 valence electrons. The minimum Gasteiger partial charge on any atom is -0.339 e. The summed E-state index contributed by atoms with van der Waals surface area (Å²) in [7, 11) is 0. The van der Waals surface area contributed by atoms with Crippen molar-refractivity contribution < 1.29 is 9.32 Å². The third kappa shape index (κ3) is 4.50. The number of nitrogens with one attached hydrogen (secondary N) is 1. The van der Waals surface area contributed by atoms with Gasteiger partial charge < -0.3 is 14.7 Å². The summed E-state index contributed by atoms with van der Waals surface area (Å²) in [5.41, 5.74) is 2.95. The standard InChI is InChI=1S/C22H23BrN4O2/c1-2-15-5-3-4-6-19(15)24-22(28)27-13-11-17(12-14-27)21-25-20(26-29-21)16-7-9-18(23)10-8-16/h3-10,17H,2,11-14H2,1H3,(H,24,28). The van der Waals surface area contributed by atoms with Crippen molar-refractivity contribution in [1.82, 2.24) is 15.0 Å². The highest BCUT2D eigenvalue weighted by Crippen LogP contribution is 2.29. The molecular formula is C22H23BrN4O2. The van der Waals surface area contributed by atoms with Crippen molar-refractivity contribution in [2.24, 2.45) is 0 Å². The first kappa shape index (κ1) is 19.6. The van der Waals surface area contributed by atoms with Crippen LogP contribution in [0.3, 0.4) is 0 Å². The van der Waals surface area contributed by atoms with Gasteiger partial charge in [-0.1, -0.05) is 46.2 Å². The van der Waals surface area contributed by atoms with Gasteiger partial charge in [-0.25, -0.2) is 4.79 Å². The number of benzene rings is 2. The van der Waals surface area contributed by atoms with Gasteiger partial charge in [0.05, 0.1) is 0 Å². The number of anilines is 1. The summed E-state index contributed by atoms with van der Waals surface area (Å²) in [5.74, 6) is 1.43. The van der Waals surface area contributed by atoms with E-state index in [0.29, 0.717) is 24.8 Å². The van der Waals surface area contributed by atoms with Crippen molar-refractivity contribution in [2.45, 2.75) is 32.1 Å². The molecular weight excluding hydrogens is 432 g/mol. The van der Waals surface area contributed by atoms with E-state index in [1.807, 2.05) is 53.4 Å². The molecule has 1 fully saturated rings. The van der Waals surface area contributed by atoms with Crippen LogP contribution in [0.4, 0.5) is 10.5 Å². The Morgan fingerprint density at radius 2 is 1.90 bits per heavy atom. The monoisotopic (exact) mass is 454 g/mol. The minimum atomic E-state index is -0.0505. The number of amides is 2. The van der Waals surface area contributed by atoms with Crippen LogP contribution >= 0.6 is 15.9 Å². The summed E-state index contributed by atoms with van der Waals surface area (Å²) in [5, 5.41) is 7.17. The molecule has 0 unspecified atom stereocenters. The minimum absolute atomic E-state index is 0.0505. The van der Waals surface area contributed by atoms with Crippen LogP contribution in [0.2, 0.25) is 0 Å². The van der Waals surface area contributed by atoms with E-state index in [1.165, 1.54) is 0 Å². The molecule has 0 bridgehead atoms. The Balaban J connectivity index is 1.36. The zero-order chi connectivity index (χ0) is 20.2. The number of rotatable bonds is 4. The average molecular weight is 455 g/mol. The maximum atomic E-state index is 12.7. The van der Waals surface area contributed by atoms with Crippen molar-refractivity contribution in [2.75, 3.05) is 18.4 Å². The van der Waals surface area contributed by atoms with Crippen molar-refractivity contribution in [3.8, 4) is 11.4 Å². The Kier molecular flexibility index (Phi) is 5.94. The molecule has 0 atom stereocenters. The highest BCUT2D eigenvalue weighted by molar-refractivity contribution is 9.10. The molecule has 2 aromatic carbocycles. The van der Waals surface area contributed by atoms with Crippen molar-refractivity contribution in [1.29, 1.82) is 0 Å². The van der Waals surface area contributed by atoms with E-state index in [9.17, 15) is 4.79 Å². The number of halogens is 1. The first-order chi connectivity index (χ1) is 14.1. The van der Waals surface area contributed by atoms with Gasteiger partial charge >= 0.3 is 6.03 Å². The highest BCUT2D eigenvalue weighted by Gasteiger charge is 2.28.